The number of rotatable bonds is 6. The van der Waals surface area contributed by atoms with Crippen LogP contribution in [0.2, 0.25) is 5.02 Å². The minimum Gasteiger partial charge on any atom is -0.467 e. The molecule has 0 radical (unpaired) electrons. The van der Waals surface area contributed by atoms with Crippen LogP contribution in [-0.4, -0.2) is 40.5 Å². The number of benzene rings is 1. The van der Waals surface area contributed by atoms with Gasteiger partial charge >= 0.3 is 0 Å². The molecule has 0 aliphatic carbocycles. The second-order valence-electron chi connectivity index (χ2n) is 5.03. The highest BCUT2D eigenvalue weighted by Gasteiger charge is 2.12. The van der Waals surface area contributed by atoms with Crippen molar-refractivity contribution < 1.29 is 9.53 Å². The molecule has 122 valence electrons. The maximum Gasteiger partial charge on any atom is 0.260 e. The number of likely N-dealkylation sites (N-methyl/N-ethyl adjacent to an activating group) is 1. The summed E-state index contributed by atoms with van der Waals surface area (Å²) in [4.78, 5) is 22.5. The van der Waals surface area contributed by atoms with Gasteiger partial charge in [-0.15, -0.1) is 0 Å². The molecule has 2 aromatic rings. The van der Waals surface area contributed by atoms with E-state index in [1.165, 1.54) is 0 Å². The van der Waals surface area contributed by atoms with Gasteiger partial charge in [0, 0.05) is 35.4 Å². The van der Waals surface area contributed by atoms with Crippen LogP contribution in [0.1, 0.15) is 19.5 Å². The largest absolute Gasteiger partial charge is 0.467 e. The lowest BCUT2D eigenvalue weighted by Gasteiger charge is -2.18. The predicted octanol–water partition coefficient (Wildman–Crippen LogP) is 3.35. The van der Waals surface area contributed by atoms with Crippen LogP contribution in [0.15, 0.2) is 30.3 Å². The highest BCUT2D eigenvalue weighted by Crippen LogP contribution is 2.21. The van der Waals surface area contributed by atoms with Crippen molar-refractivity contribution in [1.29, 1.82) is 0 Å². The average molecular weight is 334 g/mol. The quantitative estimate of drug-likeness (QED) is 0.813. The fourth-order valence-electron chi connectivity index (χ4n) is 2.14. The molecule has 0 saturated heterocycles. The van der Waals surface area contributed by atoms with Crippen LogP contribution in [0.5, 0.6) is 5.88 Å². The van der Waals surface area contributed by atoms with E-state index in [9.17, 15) is 4.79 Å². The zero-order valence-electron chi connectivity index (χ0n) is 13.5. The van der Waals surface area contributed by atoms with E-state index in [2.05, 4.69) is 9.97 Å². The molecular weight excluding hydrogens is 314 g/mol. The van der Waals surface area contributed by atoms with Gasteiger partial charge in [-0.1, -0.05) is 11.6 Å². The molecule has 0 fully saturated rings. The average Bonchev–Trinajstić information content (AvgIpc) is 2.54. The van der Waals surface area contributed by atoms with E-state index in [0.29, 0.717) is 29.8 Å². The summed E-state index contributed by atoms with van der Waals surface area (Å²) < 4.78 is 5.55. The summed E-state index contributed by atoms with van der Waals surface area (Å²) in [5.74, 6) is 0.884. The lowest BCUT2D eigenvalue weighted by molar-refractivity contribution is -0.133. The third kappa shape index (κ3) is 4.66. The molecule has 0 N–H and O–H groups in total. The van der Waals surface area contributed by atoms with E-state index >= 15 is 0 Å². The Hall–Kier alpha value is -2.14. The van der Waals surface area contributed by atoms with E-state index in [1.54, 1.807) is 23.1 Å². The van der Waals surface area contributed by atoms with E-state index in [4.69, 9.17) is 16.3 Å². The van der Waals surface area contributed by atoms with Crippen molar-refractivity contribution >= 4 is 17.5 Å². The van der Waals surface area contributed by atoms with Gasteiger partial charge < -0.3 is 9.64 Å². The molecule has 5 nitrogen and oxygen atoms in total. The summed E-state index contributed by atoms with van der Waals surface area (Å²) in [7, 11) is 0. The Morgan fingerprint density at radius 3 is 2.43 bits per heavy atom. The second kappa shape index (κ2) is 7.92. The van der Waals surface area contributed by atoms with Gasteiger partial charge in [0.15, 0.2) is 12.4 Å². The molecule has 0 saturated carbocycles. The van der Waals surface area contributed by atoms with E-state index in [1.807, 2.05) is 32.9 Å². The molecule has 0 spiro atoms. The summed E-state index contributed by atoms with van der Waals surface area (Å²) in [6, 6.07) is 8.98. The first-order valence-corrected chi connectivity index (χ1v) is 7.93. The molecule has 0 aliphatic heterocycles. The molecule has 0 bridgehead atoms. The maximum absolute atomic E-state index is 12.0. The standard InChI is InChI=1S/C17H20ClN3O2/c1-4-21(5-2)16(22)11-23-15-10-12(3)19-17(20-15)13-6-8-14(18)9-7-13/h6-10H,4-5,11H2,1-3H3. The first-order chi connectivity index (χ1) is 11.0. The number of hydrogen-bond donors (Lipinski definition) is 0. The topological polar surface area (TPSA) is 55.3 Å². The Morgan fingerprint density at radius 1 is 1.17 bits per heavy atom. The van der Waals surface area contributed by atoms with E-state index in [0.717, 1.165) is 11.3 Å². The summed E-state index contributed by atoms with van der Waals surface area (Å²) in [5.41, 5.74) is 1.62. The molecule has 0 atom stereocenters. The first kappa shape index (κ1) is 17.2. The van der Waals surface area contributed by atoms with Crippen molar-refractivity contribution in [3.8, 4) is 17.3 Å². The third-order valence-electron chi connectivity index (χ3n) is 3.39. The Bertz CT molecular complexity index is 670. The molecule has 1 heterocycles. The minimum absolute atomic E-state index is 0.0296. The molecule has 6 heteroatoms. The lowest BCUT2D eigenvalue weighted by atomic mass is 10.2. The Labute approximate surface area is 141 Å². The van der Waals surface area contributed by atoms with Crippen LogP contribution in [0.3, 0.4) is 0 Å². The summed E-state index contributed by atoms with van der Waals surface area (Å²) in [6.07, 6.45) is 0. The number of carbonyl (C=O) groups is 1. The minimum atomic E-state index is -0.0562. The number of halogens is 1. The summed E-state index contributed by atoms with van der Waals surface area (Å²) >= 11 is 5.90. The molecule has 23 heavy (non-hydrogen) atoms. The normalized spacial score (nSPS) is 10.4. The summed E-state index contributed by atoms with van der Waals surface area (Å²) in [5, 5.41) is 0.655. The highest BCUT2D eigenvalue weighted by atomic mass is 35.5. The van der Waals surface area contributed by atoms with Gasteiger partial charge in [0.05, 0.1) is 0 Å². The number of hydrogen-bond acceptors (Lipinski definition) is 4. The third-order valence-corrected chi connectivity index (χ3v) is 3.64. The van der Waals surface area contributed by atoms with Crippen LogP contribution >= 0.6 is 11.6 Å². The van der Waals surface area contributed by atoms with Crippen molar-refractivity contribution in [1.82, 2.24) is 14.9 Å². The first-order valence-electron chi connectivity index (χ1n) is 7.55. The van der Waals surface area contributed by atoms with Crippen LogP contribution in [0, 0.1) is 6.92 Å². The second-order valence-corrected chi connectivity index (χ2v) is 5.47. The van der Waals surface area contributed by atoms with E-state index < -0.39 is 0 Å². The zero-order valence-corrected chi connectivity index (χ0v) is 14.3. The van der Waals surface area contributed by atoms with Crippen LogP contribution in [0.25, 0.3) is 11.4 Å². The number of aryl methyl sites for hydroxylation is 1. The lowest BCUT2D eigenvalue weighted by Crippen LogP contribution is -2.34. The smallest absolute Gasteiger partial charge is 0.260 e. The Balaban J connectivity index is 2.14. The zero-order chi connectivity index (χ0) is 16.8. The molecule has 0 unspecified atom stereocenters. The Kier molecular flexibility index (Phi) is 5.93. The van der Waals surface area contributed by atoms with E-state index in [-0.39, 0.29) is 12.5 Å². The monoisotopic (exact) mass is 333 g/mol. The Morgan fingerprint density at radius 2 is 1.83 bits per heavy atom. The van der Waals surface area contributed by atoms with Crippen LogP contribution in [-0.2, 0) is 4.79 Å². The number of carbonyl (C=O) groups excluding carboxylic acids is 1. The fraction of sp³-hybridized carbons (Fsp3) is 0.353. The van der Waals surface area contributed by atoms with Crippen LogP contribution in [0.4, 0.5) is 0 Å². The number of ether oxygens (including phenoxy) is 1. The van der Waals surface area contributed by atoms with Crippen molar-refractivity contribution in [3.05, 3.63) is 41.0 Å². The van der Waals surface area contributed by atoms with Crippen molar-refractivity contribution in [2.24, 2.45) is 0 Å². The van der Waals surface area contributed by atoms with Gasteiger partial charge in [-0.3, -0.25) is 4.79 Å². The maximum atomic E-state index is 12.0. The predicted molar refractivity (Wildman–Crippen MR) is 90.6 cm³/mol. The molecule has 1 amide bonds. The number of aromatic nitrogens is 2. The fourth-order valence-corrected chi connectivity index (χ4v) is 2.27. The number of amides is 1. The molecule has 1 aromatic heterocycles. The van der Waals surface area contributed by atoms with Crippen LogP contribution < -0.4 is 4.74 Å². The van der Waals surface area contributed by atoms with Crippen molar-refractivity contribution in [3.63, 3.8) is 0 Å². The molecule has 0 aliphatic rings. The molecular formula is C17H20ClN3O2. The van der Waals surface area contributed by atoms with Crippen molar-refractivity contribution in [2.75, 3.05) is 19.7 Å². The summed E-state index contributed by atoms with van der Waals surface area (Å²) in [6.45, 7) is 7.04. The molecule has 1 aromatic carbocycles. The highest BCUT2D eigenvalue weighted by molar-refractivity contribution is 6.30. The van der Waals surface area contributed by atoms with Gasteiger partial charge in [-0.2, -0.15) is 4.98 Å². The van der Waals surface area contributed by atoms with Gasteiger partial charge in [0.1, 0.15) is 0 Å². The molecule has 2 rings (SSSR count). The van der Waals surface area contributed by atoms with Gasteiger partial charge in [-0.05, 0) is 45.0 Å². The van der Waals surface area contributed by atoms with Crippen molar-refractivity contribution in [2.45, 2.75) is 20.8 Å². The van der Waals surface area contributed by atoms with Gasteiger partial charge in [0.25, 0.3) is 5.91 Å². The SMILES string of the molecule is CCN(CC)C(=O)COc1cc(C)nc(-c2ccc(Cl)cc2)n1. The van der Waals surface area contributed by atoms with Gasteiger partial charge in [0.2, 0.25) is 5.88 Å². The number of nitrogens with zero attached hydrogens (tertiary/aromatic N) is 3. The van der Waals surface area contributed by atoms with Gasteiger partial charge in [-0.25, -0.2) is 4.98 Å².